The second-order valence-electron chi connectivity index (χ2n) is 2.93. The Morgan fingerprint density at radius 3 is 2.88 bits per heavy atom. The molecule has 0 radical (unpaired) electrons. The van der Waals surface area contributed by atoms with Crippen LogP contribution in [0, 0.1) is 0 Å². The summed E-state index contributed by atoms with van der Waals surface area (Å²) < 4.78 is 9.46. The number of hydrogen-bond acceptors (Lipinski definition) is 8. The molecule has 0 aliphatic carbocycles. The highest BCUT2D eigenvalue weighted by Gasteiger charge is 2.17. The van der Waals surface area contributed by atoms with Crippen LogP contribution in [0.4, 0.5) is 5.82 Å². The number of anilines is 1. The van der Waals surface area contributed by atoms with Gasteiger partial charge in [-0.1, -0.05) is 5.16 Å². The number of nitrogens with zero attached hydrogens (tertiary/aromatic N) is 4. The SMILES string of the molecule is Nc1nonc1-c1nc(-c2ccsc2)no1. The molecule has 0 amide bonds. The molecule has 0 saturated carbocycles. The van der Waals surface area contributed by atoms with E-state index in [0.29, 0.717) is 5.82 Å². The van der Waals surface area contributed by atoms with Crippen LogP contribution in [0.25, 0.3) is 23.0 Å². The molecular formula is C8H5N5O2S. The van der Waals surface area contributed by atoms with Crippen molar-refractivity contribution in [3.63, 3.8) is 0 Å². The van der Waals surface area contributed by atoms with Gasteiger partial charge in [-0.3, -0.25) is 0 Å². The number of hydrogen-bond donors (Lipinski definition) is 1. The highest BCUT2D eigenvalue weighted by molar-refractivity contribution is 7.08. The number of aromatic nitrogens is 4. The van der Waals surface area contributed by atoms with Crippen molar-refractivity contribution >= 4 is 17.2 Å². The highest BCUT2D eigenvalue weighted by atomic mass is 32.1. The number of rotatable bonds is 2. The highest BCUT2D eigenvalue weighted by Crippen LogP contribution is 2.24. The molecule has 0 aliphatic rings. The number of thiophene rings is 1. The molecule has 8 heteroatoms. The lowest BCUT2D eigenvalue weighted by Gasteiger charge is -1.83. The van der Waals surface area contributed by atoms with Crippen molar-refractivity contribution in [2.75, 3.05) is 5.73 Å². The van der Waals surface area contributed by atoms with E-state index in [1.54, 1.807) is 11.3 Å². The Kier molecular flexibility index (Phi) is 1.93. The van der Waals surface area contributed by atoms with Crippen molar-refractivity contribution < 1.29 is 9.15 Å². The minimum absolute atomic E-state index is 0.125. The van der Waals surface area contributed by atoms with E-state index in [-0.39, 0.29) is 17.4 Å². The normalized spacial score (nSPS) is 10.8. The molecule has 0 aliphatic heterocycles. The van der Waals surface area contributed by atoms with Gasteiger partial charge in [-0.25, -0.2) is 4.63 Å². The van der Waals surface area contributed by atoms with Gasteiger partial charge in [-0.15, -0.1) is 0 Å². The fourth-order valence-electron chi connectivity index (χ4n) is 1.17. The van der Waals surface area contributed by atoms with E-state index in [1.165, 1.54) is 0 Å². The van der Waals surface area contributed by atoms with Gasteiger partial charge in [0, 0.05) is 10.9 Å². The smallest absolute Gasteiger partial charge is 0.284 e. The number of nitrogen functional groups attached to an aromatic ring is 1. The van der Waals surface area contributed by atoms with Crippen LogP contribution in [0.1, 0.15) is 0 Å². The van der Waals surface area contributed by atoms with Crippen LogP contribution in [0.2, 0.25) is 0 Å². The molecule has 0 atom stereocenters. The Bertz CT molecular complexity index is 600. The van der Waals surface area contributed by atoms with E-state index >= 15 is 0 Å². The molecule has 0 unspecified atom stereocenters. The molecule has 3 aromatic rings. The molecule has 0 aromatic carbocycles. The molecule has 0 saturated heterocycles. The summed E-state index contributed by atoms with van der Waals surface area (Å²) in [5.41, 5.74) is 6.65. The van der Waals surface area contributed by atoms with Crippen molar-refractivity contribution in [1.82, 2.24) is 20.5 Å². The summed E-state index contributed by atoms with van der Waals surface area (Å²) in [6.07, 6.45) is 0. The largest absolute Gasteiger partial charge is 0.379 e. The van der Waals surface area contributed by atoms with E-state index in [1.807, 2.05) is 16.8 Å². The standard InChI is InChI=1S/C8H5N5O2S/c9-6-5(11-15-12-6)8-10-7(13-14-8)4-1-2-16-3-4/h1-3H,(H2,9,12). The second kappa shape index (κ2) is 3.42. The maximum atomic E-state index is 5.51. The average Bonchev–Trinajstić information content (AvgIpc) is 2.96. The van der Waals surface area contributed by atoms with Gasteiger partial charge in [0.15, 0.2) is 0 Å². The molecule has 2 N–H and O–H groups in total. The van der Waals surface area contributed by atoms with E-state index in [9.17, 15) is 0 Å². The average molecular weight is 235 g/mol. The predicted molar refractivity (Wildman–Crippen MR) is 55.3 cm³/mol. The molecule has 7 nitrogen and oxygen atoms in total. The summed E-state index contributed by atoms with van der Waals surface area (Å²) >= 11 is 1.55. The Hall–Kier alpha value is -2.22. The van der Waals surface area contributed by atoms with Crippen molar-refractivity contribution in [3.05, 3.63) is 16.8 Å². The third-order valence-electron chi connectivity index (χ3n) is 1.92. The van der Waals surface area contributed by atoms with Gasteiger partial charge in [-0.05, 0) is 21.8 Å². The minimum Gasteiger partial charge on any atom is -0.379 e. The van der Waals surface area contributed by atoms with Gasteiger partial charge < -0.3 is 10.3 Å². The van der Waals surface area contributed by atoms with Crippen molar-refractivity contribution in [3.8, 4) is 23.0 Å². The van der Waals surface area contributed by atoms with Crippen molar-refractivity contribution in [1.29, 1.82) is 0 Å². The Labute approximate surface area is 92.8 Å². The molecule has 80 valence electrons. The Morgan fingerprint density at radius 1 is 1.25 bits per heavy atom. The zero-order valence-corrected chi connectivity index (χ0v) is 8.64. The minimum atomic E-state index is 0.125. The molecular weight excluding hydrogens is 230 g/mol. The van der Waals surface area contributed by atoms with Crippen LogP contribution in [0.3, 0.4) is 0 Å². The summed E-state index contributed by atoms with van der Waals surface area (Å²) in [5, 5.41) is 14.7. The Morgan fingerprint density at radius 2 is 2.19 bits per heavy atom. The third-order valence-corrected chi connectivity index (χ3v) is 2.61. The van der Waals surface area contributed by atoms with Crippen LogP contribution in [0.15, 0.2) is 26.0 Å². The van der Waals surface area contributed by atoms with Crippen molar-refractivity contribution in [2.45, 2.75) is 0 Å². The molecule has 0 fully saturated rings. The van der Waals surface area contributed by atoms with E-state index in [4.69, 9.17) is 10.3 Å². The fourth-order valence-corrected chi connectivity index (χ4v) is 1.81. The van der Waals surface area contributed by atoms with Crippen LogP contribution in [0.5, 0.6) is 0 Å². The first kappa shape index (κ1) is 9.04. The quantitative estimate of drug-likeness (QED) is 0.716. The lowest BCUT2D eigenvalue weighted by Crippen LogP contribution is -1.88. The maximum absolute atomic E-state index is 5.51. The third kappa shape index (κ3) is 1.36. The summed E-state index contributed by atoms with van der Waals surface area (Å²) in [7, 11) is 0. The Balaban J connectivity index is 2.03. The topological polar surface area (TPSA) is 104 Å². The van der Waals surface area contributed by atoms with Gasteiger partial charge in [0.05, 0.1) is 0 Å². The zero-order chi connectivity index (χ0) is 11.0. The van der Waals surface area contributed by atoms with Gasteiger partial charge in [-0.2, -0.15) is 16.3 Å². The van der Waals surface area contributed by atoms with Crippen LogP contribution in [-0.2, 0) is 0 Å². The summed E-state index contributed by atoms with van der Waals surface area (Å²) in [4.78, 5) is 4.14. The van der Waals surface area contributed by atoms with E-state index in [2.05, 4.69) is 25.1 Å². The van der Waals surface area contributed by atoms with Crippen LogP contribution < -0.4 is 5.73 Å². The predicted octanol–water partition coefficient (Wildman–Crippen LogP) is 1.43. The zero-order valence-electron chi connectivity index (χ0n) is 7.82. The fraction of sp³-hybridized carbons (Fsp3) is 0. The molecule has 16 heavy (non-hydrogen) atoms. The lowest BCUT2D eigenvalue weighted by atomic mass is 10.3. The molecule has 0 bridgehead atoms. The van der Waals surface area contributed by atoms with Crippen molar-refractivity contribution in [2.24, 2.45) is 0 Å². The number of nitrogens with two attached hydrogens (primary N) is 1. The molecule has 3 rings (SSSR count). The first-order valence-electron chi connectivity index (χ1n) is 4.29. The second-order valence-corrected chi connectivity index (χ2v) is 3.71. The molecule has 0 spiro atoms. The first-order valence-corrected chi connectivity index (χ1v) is 5.23. The van der Waals surface area contributed by atoms with Gasteiger partial charge in [0.1, 0.15) is 0 Å². The van der Waals surface area contributed by atoms with Gasteiger partial charge in [0.25, 0.3) is 5.89 Å². The summed E-state index contributed by atoms with van der Waals surface area (Å²) in [6.45, 7) is 0. The van der Waals surface area contributed by atoms with Gasteiger partial charge >= 0.3 is 0 Å². The van der Waals surface area contributed by atoms with E-state index < -0.39 is 0 Å². The van der Waals surface area contributed by atoms with Crippen LogP contribution in [-0.4, -0.2) is 20.5 Å². The van der Waals surface area contributed by atoms with E-state index in [0.717, 1.165) is 5.56 Å². The first-order chi connectivity index (χ1) is 7.84. The lowest BCUT2D eigenvalue weighted by molar-refractivity contribution is 0.308. The van der Waals surface area contributed by atoms with Crippen LogP contribution >= 0.6 is 11.3 Å². The molecule has 3 heterocycles. The summed E-state index contributed by atoms with van der Waals surface area (Å²) in [5.74, 6) is 0.805. The summed E-state index contributed by atoms with van der Waals surface area (Å²) in [6, 6.07) is 1.89. The van der Waals surface area contributed by atoms with Gasteiger partial charge in [0.2, 0.25) is 17.3 Å². The molecule has 3 aromatic heterocycles. The monoisotopic (exact) mass is 235 g/mol. The maximum Gasteiger partial charge on any atom is 0.284 e.